The molecule has 0 aliphatic rings. The second-order valence-corrected chi connectivity index (χ2v) is 2.99. The Labute approximate surface area is 71.5 Å². The zero-order chi connectivity index (χ0) is 9.14. The fourth-order valence-corrected chi connectivity index (χ4v) is 1.07. The molecule has 0 radical (unpaired) electrons. The van der Waals surface area contributed by atoms with E-state index in [1.807, 2.05) is 6.92 Å². The van der Waals surface area contributed by atoms with Crippen molar-refractivity contribution in [1.82, 2.24) is 0 Å². The third-order valence-corrected chi connectivity index (χ3v) is 1.61. The summed E-state index contributed by atoms with van der Waals surface area (Å²) in [4.78, 5) is 0. The summed E-state index contributed by atoms with van der Waals surface area (Å²) >= 11 is 0. The lowest BCUT2D eigenvalue weighted by molar-refractivity contribution is 0.444. The average molecular weight is 167 g/mol. The monoisotopic (exact) mass is 167 g/mol. The number of aromatic hydroxyl groups is 2. The average Bonchev–Trinajstić information content (AvgIpc) is 1.94. The van der Waals surface area contributed by atoms with Gasteiger partial charge in [-0.05, 0) is 25.0 Å². The standard InChI is InChI=1S/C9H13NO2/c1-6(10)4-7-2-3-8(11)5-9(7)12/h2-3,5-6,11-12H,4,10H2,1H3/t6-/m0/s1. The normalized spacial score (nSPS) is 12.8. The summed E-state index contributed by atoms with van der Waals surface area (Å²) in [6, 6.07) is 4.55. The van der Waals surface area contributed by atoms with Crippen LogP contribution in [-0.4, -0.2) is 16.3 Å². The third kappa shape index (κ3) is 2.13. The van der Waals surface area contributed by atoms with Gasteiger partial charge in [-0.15, -0.1) is 0 Å². The molecule has 0 heterocycles. The first-order valence-electron chi connectivity index (χ1n) is 3.86. The molecule has 0 unspecified atom stereocenters. The Bertz CT molecular complexity index is 271. The summed E-state index contributed by atoms with van der Waals surface area (Å²) in [5.74, 6) is 0.174. The van der Waals surface area contributed by atoms with E-state index < -0.39 is 0 Å². The molecule has 1 atom stereocenters. The lowest BCUT2D eigenvalue weighted by atomic mass is 10.1. The van der Waals surface area contributed by atoms with Gasteiger partial charge in [0.1, 0.15) is 11.5 Å². The first-order valence-corrected chi connectivity index (χ1v) is 3.86. The Morgan fingerprint density at radius 1 is 1.42 bits per heavy atom. The molecule has 66 valence electrons. The van der Waals surface area contributed by atoms with Gasteiger partial charge >= 0.3 is 0 Å². The number of phenolic OH excluding ortho intramolecular Hbond substituents is 2. The quantitative estimate of drug-likeness (QED) is 0.615. The topological polar surface area (TPSA) is 66.5 Å². The molecule has 12 heavy (non-hydrogen) atoms. The highest BCUT2D eigenvalue weighted by molar-refractivity contribution is 5.39. The van der Waals surface area contributed by atoms with Crippen LogP contribution in [0, 0.1) is 0 Å². The van der Waals surface area contributed by atoms with Crippen molar-refractivity contribution in [3.05, 3.63) is 23.8 Å². The second kappa shape index (κ2) is 3.45. The largest absolute Gasteiger partial charge is 0.508 e. The number of nitrogens with two attached hydrogens (primary N) is 1. The van der Waals surface area contributed by atoms with Crippen molar-refractivity contribution in [2.24, 2.45) is 5.73 Å². The number of benzene rings is 1. The van der Waals surface area contributed by atoms with E-state index in [2.05, 4.69) is 0 Å². The van der Waals surface area contributed by atoms with Crippen LogP contribution in [0.3, 0.4) is 0 Å². The molecular weight excluding hydrogens is 154 g/mol. The van der Waals surface area contributed by atoms with Crippen LogP contribution in [0.2, 0.25) is 0 Å². The summed E-state index contributed by atoms with van der Waals surface area (Å²) in [6.45, 7) is 1.87. The number of hydrogen-bond acceptors (Lipinski definition) is 3. The van der Waals surface area contributed by atoms with Crippen molar-refractivity contribution in [1.29, 1.82) is 0 Å². The van der Waals surface area contributed by atoms with E-state index in [4.69, 9.17) is 10.8 Å². The van der Waals surface area contributed by atoms with Gasteiger partial charge in [0.25, 0.3) is 0 Å². The van der Waals surface area contributed by atoms with Gasteiger partial charge in [0.2, 0.25) is 0 Å². The first kappa shape index (κ1) is 8.87. The van der Waals surface area contributed by atoms with E-state index in [0.29, 0.717) is 6.42 Å². The maximum absolute atomic E-state index is 9.32. The molecule has 0 aliphatic carbocycles. The predicted molar refractivity (Wildman–Crippen MR) is 47.1 cm³/mol. The van der Waals surface area contributed by atoms with Crippen LogP contribution in [0.15, 0.2) is 18.2 Å². The molecule has 0 fully saturated rings. The molecular formula is C9H13NO2. The summed E-state index contributed by atoms with van der Waals surface area (Å²) in [7, 11) is 0. The van der Waals surface area contributed by atoms with Gasteiger partial charge in [0, 0.05) is 12.1 Å². The lowest BCUT2D eigenvalue weighted by Gasteiger charge is -2.07. The molecule has 3 heteroatoms. The van der Waals surface area contributed by atoms with Crippen molar-refractivity contribution < 1.29 is 10.2 Å². The van der Waals surface area contributed by atoms with Crippen molar-refractivity contribution in [2.45, 2.75) is 19.4 Å². The Balaban J connectivity index is 2.86. The van der Waals surface area contributed by atoms with Gasteiger partial charge in [-0.1, -0.05) is 6.07 Å². The molecule has 1 aromatic rings. The van der Waals surface area contributed by atoms with Crippen LogP contribution < -0.4 is 5.73 Å². The van der Waals surface area contributed by atoms with Gasteiger partial charge in [-0.3, -0.25) is 0 Å². The molecule has 3 nitrogen and oxygen atoms in total. The minimum absolute atomic E-state index is 0.0143. The molecule has 0 amide bonds. The lowest BCUT2D eigenvalue weighted by Crippen LogP contribution is -2.17. The van der Waals surface area contributed by atoms with Gasteiger partial charge in [-0.25, -0.2) is 0 Å². The highest BCUT2D eigenvalue weighted by atomic mass is 16.3. The van der Waals surface area contributed by atoms with Crippen LogP contribution in [0.1, 0.15) is 12.5 Å². The molecule has 0 saturated carbocycles. The van der Waals surface area contributed by atoms with E-state index in [1.165, 1.54) is 12.1 Å². The van der Waals surface area contributed by atoms with Crippen LogP contribution in [0.5, 0.6) is 11.5 Å². The molecule has 1 aromatic carbocycles. The Hall–Kier alpha value is -1.22. The SMILES string of the molecule is C[C@H](N)Cc1ccc(O)cc1O. The molecule has 0 bridgehead atoms. The highest BCUT2D eigenvalue weighted by Crippen LogP contribution is 2.23. The summed E-state index contributed by atoms with van der Waals surface area (Å²) in [5.41, 5.74) is 6.32. The molecule has 0 spiro atoms. The molecule has 1 rings (SSSR count). The van der Waals surface area contributed by atoms with E-state index in [-0.39, 0.29) is 17.5 Å². The predicted octanol–water partition coefficient (Wildman–Crippen LogP) is 0.987. The van der Waals surface area contributed by atoms with Crippen LogP contribution in [0.25, 0.3) is 0 Å². The number of phenols is 2. The van der Waals surface area contributed by atoms with Crippen LogP contribution in [-0.2, 0) is 6.42 Å². The summed E-state index contributed by atoms with van der Waals surface area (Å²) in [5, 5.41) is 18.3. The molecule has 4 N–H and O–H groups in total. The summed E-state index contributed by atoms with van der Waals surface area (Å²) < 4.78 is 0. The van der Waals surface area contributed by atoms with E-state index >= 15 is 0 Å². The van der Waals surface area contributed by atoms with Gasteiger partial charge in [0.05, 0.1) is 0 Å². The van der Waals surface area contributed by atoms with E-state index in [9.17, 15) is 5.11 Å². The maximum Gasteiger partial charge on any atom is 0.122 e. The van der Waals surface area contributed by atoms with Crippen molar-refractivity contribution in [3.63, 3.8) is 0 Å². The molecule has 0 saturated heterocycles. The minimum Gasteiger partial charge on any atom is -0.508 e. The maximum atomic E-state index is 9.32. The minimum atomic E-state index is 0.0143. The van der Waals surface area contributed by atoms with Crippen molar-refractivity contribution in [3.8, 4) is 11.5 Å². The van der Waals surface area contributed by atoms with Crippen molar-refractivity contribution in [2.75, 3.05) is 0 Å². The second-order valence-electron chi connectivity index (χ2n) is 2.99. The zero-order valence-corrected chi connectivity index (χ0v) is 6.99. The Kier molecular flexibility index (Phi) is 2.55. The van der Waals surface area contributed by atoms with E-state index in [0.717, 1.165) is 5.56 Å². The zero-order valence-electron chi connectivity index (χ0n) is 6.99. The smallest absolute Gasteiger partial charge is 0.122 e. The van der Waals surface area contributed by atoms with Gasteiger partial charge in [-0.2, -0.15) is 0 Å². The van der Waals surface area contributed by atoms with Crippen LogP contribution in [0.4, 0.5) is 0 Å². The Morgan fingerprint density at radius 3 is 2.58 bits per heavy atom. The number of rotatable bonds is 2. The molecule has 0 aliphatic heterocycles. The molecule has 0 aromatic heterocycles. The fraction of sp³-hybridized carbons (Fsp3) is 0.333. The van der Waals surface area contributed by atoms with Gasteiger partial charge in [0.15, 0.2) is 0 Å². The highest BCUT2D eigenvalue weighted by Gasteiger charge is 2.03. The first-order chi connectivity index (χ1) is 5.59. The number of hydrogen-bond donors (Lipinski definition) is 3. The fourth-order valence-electron chi connectivity index (χ4n) is 1.07. The van der Waals surface area contributed by atoms with E-state index in [1.54, 1.807) is 6.07 Å². The van der Waals surface area contributed by atoms with Gasteiger partial charge < -0.3 is 15.9 Å². The van der Waals surface area contributed by atoms with Crippen molar-refractivity contribution >= 4 is 0 Å². The summed E-state index contributed by atoms with van der Waals surface area (Å²) in [6.07, 6.45) is 0.617. The third-order valence-electron chi connectivity index (χ3n) is 1.61. The Morgan fingerprint density at radius 2 is 2.08 bits per heavy atom. The van der Waals surface area contributed by atoms with Crippen LogP contribution >= 0.6 is 0 Å².